The number of carboxylic acid groups (broad SMARTS) is 1. The fraction of sp³-hybridized carbons (Fsp3) is 0.944. The molecule has 0 aliphatic heterocycles. The number of hydrogen-bond acceptors (Lipinski definition) is 5. The van der Waals surface area contributed by atoms with Crippen LogP contribution in [0.15, 0.2) is 0 Å². The van der Waals surface area contributed by atoms with E-state index in [1.165, 1.54) is 83.5 Å². The molecule has 0 saturated heterocycles. The van der Waals surface area contributed by atoms with Crippen LogP contribution in [-0.2, 0) is 9.36 Å². The Balaban J connectivity index is -0.000000772. The van der Waals surface area contributed by atoms with Gasteiger partial charge in [0.05, 0.1) is 0 Å². The normalized spacial score (nSPS) is 10.6. The zero-order valence-electron chi connectivity index (χ0n) is 16.3. The maximum Gasteiger partial charge on any atom is 3.00 e. The largest absolute Gasteiger partial charge is 3.00 e. The summed E-state index contributed by atoms with van der Waals surface area (Å²) < 4.78 is 8.55. The second-order valence-electron chi connectivity index (χ2n) is 6.54. The van der Waals surface area contributed by atoms with Crippen molar-refractivity contribution in [3.63, 3.8) is 0 Å². The van der Waals surface area contributed by atoms with E-state index in [0.717, 1.165) is 12.8 Å². The van der Waals surface area contributed by atoms with Gasteiger partial charge in [-0.15, -0.1) is 0 Å². The number of carboxylic acids is 1. The van der Waals surface area contributed by atoms with Gasteiger partial charge < -0.3 is 24.4 Å². The fourth-order valence-corrected chi connectivity index (χ4v) is 2.65. The molecule has 0 spiro atoms. The summed E-state index contributed by atoms with van der Waals surface area (Å²) in [5, 5.41) is 8.52. The monoisotopic (exact) mass is 406 g/mol. The minimum absolute atomic E-state index is 0. The van der Waals surface area contributed by atoms with Crippen LogP contribution < -0.4 is 14.7 Å². The molecule has 6 nitrogen and oxygen atoms in total. The van der Waals surface area contributed by atoms with Gasteiger partial charge >= 0.3 is 23.3 Å². The molecule has 0 atom stereocenters. The number of unbranched alkanes of at least 4 members (excludes halogenated alkanes) is 14. The summed E-state index contributed by atoms with van der Waals surface area (Å²) in [6.45, 7) is 2.27. The molecule has 0 aromatic heterocycles. The Labute approximate surface area is 170 Å². The first-order chi connectivity index (χ1) is 11.8. The van der Waals surface area contributed by atoms with E-state index >= 15 is 0 Å². The Hall–Kier alpha value is 0.112. The number of phosphoric acid groups is 1. The maximum absolute atomic E-state index is 10.3. The minimum atomic E-state index is -5.39. The molecule has 0 aliphatic rings. The summed E-state index contributed by atoms with van der Waals surface area (Å²) in [7, 11) is -5.39. The molecule has 0 unspecified atom stereocenters. The van der Waals surface area contributed by atoms with Gasteiger partial charge in [-0.3, -0.25) is 4.79 Å². The van der Waals surface area contributed by atoms with Crippen LogP contribution in [0.4, 0.5) is 0 Å². The van der Waals surface area contributed by atoms with Crippen LogP contribution in [0, 0.1) is 0 Å². The van der Waals surface area contributed by atoms with Gasteiger partial charge in [-0.05, 0) is 6.42 Å². The van der Waals surface area contributed by atoms with Crippen molar-refractivity contribution in [2.24, 2.45) is 0 Å². The first-order valence-corrected chi connectivity index (χ1v) is 11.2. The van der Waals surface area contributed by atoms with Crippen molar-refractivity contribution in [1.29, 1.82) is 0 Å². The van der Waals surface area contributed by atoms with Gasteiger partial charge in [0.2, 0.25) is 0 Å². The van der Waals surface area contributed by atoms with Crippen molar-refractivity contribution in [3.05, 3.63) is 0 Å². The molecular weight excluding hydrogens is 370 g/mol. The van der Waals surface area contributed by atoms with Gasteiger partial charge in [0, 0.05) is 6.42 Å². The average molecular weight is 406 g/mol. The maximum atomic E-state index is 10.3. The summed E-state index contributed by atoms with van der Waals surface area (Å²) in [5.41, 5.74) is 0. The van der Waals surface area contributed by atoms with E-state index in [0.29, 0.717) is 6.42 Å². The molecule has 0 amide bonds. The average Bonchev–Trinajstić information content (AvgIpc) is 2.49. The standard InChI is InChI=1S/C18H36O2.Al.H3O4P/c1-2-3-4-5-6-7-8-9-10-11-12-13-14-15-16-17-18(19)20;;1-5(2,3)4/h2-17H2,1H3,(H,19,20);;(H3,1,2,3,4)/q;+3;/p-3. The van der Waals surface area contributed by atoms with E-state index in [4.69, 9.17) is 24.4 Å². The van der Waals surface area contributed by atoms with E-state index in [1.54, 1.807) is 0 Å². The number of aliphatic carboxylic acids is 1. The summed E-state index contributed by atoms with van der Waals surface area (Å²) in [4.78, 5) is 36.0. The second-order valence-corrected chi connectivity index (χ2v) is 7.44. The molecule has 0 aliphatic carbocycles. The zero-order valence-corrected chi connectivity index (χ0v) is 18.4. The third-order valence-corrected chi connectivity index (χ3v) is 3.99. The Morgan fingerprint density at radius 1 is 0.692 bits per heavy atom. The quantitative estimate of drug-likeness (QED) is 0.239. The molecule has 0 bridgehead atoms. The van der Waals surface area contributed by atoms with Crippen molar-refractivity contribution in [2.75, 3.05) is 0 Å². The molecule has 26 heavy (non-hydrogen) atoms. The van der Waals surface area contributed by atoms with Gasteiger partial charge in [-0.1, -0.05) is 96.8 Å². The van der Waals surface area contributed by atoms with E-state index in [9.17, 15) is 4.79 Å². The predicted octanol–water partition coefficient (Wildman–Crippen LogP) is 3.13. The predicted molar refractivity (Wildman–Crippen MR) is 101 cm³/mol. The van der Waals surface area contributed by atoms with Gasteiger partial charge in [-0.25, -0.2) is 0 Å². The Bertz CT molecular complexity index is 327. The number of hydrogen-bond donors (Lipinski definition) is 1. The smallest absolute Gasteiger partial charge is 0.822 e. The molecular formula is C18H36AlO6P. The molecule has 0 saturated carbocycles. The van der Waals surface area contributed by atoms with E-state index < -0.39 is 13.8 Å². The first kappa shape index (κ1) is 30.8. The van der Waals surface area contributed by atoms with Gasteiger partial charge in [-0.2, -0.15) is 7.82 Å². The van der Waals surface area contributed by atoms with Crippen LogP contribution in [0.3, 0.4) is 0 Å². The topological polar surface area (TPSA) is 124 Å². The Kier molecular flexibility index (Phi) is 27.5. The number of carbonyl (C=O) groups is 1. The number of rotatable bonds is 16. The summed E-state index contributed by atoms with van der Waals surface area (Å²) in [6.07, 6.45) is 20.2. The van der Waals surface area contributed by atoms with Crippen LogP contribution in [0.5, 0.6) is 0 Å². The van der Waals surface area contributed by atoms with Crippen LogP contribution in [-0.4, -0.2) is 28.4 Å². The van der Waals surface area contributed by atoms with Crippen LogP contribution in [0.25, 0.3) is 0 Å². The van der Waals surface area contributed by atoms with E-state index in [2.05, 4.69) is 6.92 Å². The molecule has 0 aromatic rings. The summed E-state index contributed by atoms with van der Waals surface area (Å²) >= 11 is 0. The van der Waals surface area contributed by atoms with Gasteiger partial charge in [0.15, 0.2) is 0 Å². The van der Waals surface area contributed by atoms with E-state index in [1.807, 2.05) is 0 Å². The third-order valence-electron chi connectivity index (χ3n) is 3.99. The first-order valence-electron chi connectivity index (χ1n) is 9.72. The van der Waals surface area contributed by atoms with Crippen molar-refractivity contribution >= 4 is 31.2 Å². The second kappa shape index (κ2) is 23.2. The molecule has 1 N–H and O–H groups in total. The molecule has 0 aromatic carbocycles. The summed E-state index contributed by atoms with van der Waals surface area (Å²) in [6, 6.07) is 0. The van der Waals surface area contributed by atoms with Crippen molar-refractivity contribution < 1.29 is 29.1 Å². The third kappa shape index (κ3) is 44.0. The Morgan fingerprint density at radius 3 is 1.15 bits per heavy atom. The molecule has 0 rings (SSSR count). The summed E-state index contributed by atoms with van der Waals surface area (Å²) in [5.74, 6) is -0.653. The molecule has 152 valence electrons. The van der Waals surface area contributed by atoms with Crippen molar-refractivity contribution in [3.8, 4) is 0 Å². The van der Waals surface area contributed by atoms with Crippen LogP contribution in [0.1, 0.15) is 110 Å². The minimum Gasteiger partial charge on any atom is -0.822 e. The zero-order chi connectivity index (χ0) is 19.4. The van der Waals surface area contributed by atoms with Crippen molar-refractivity contribution in [1.82, 2.24) is 0 Å². The van der Waals surface area contributed by atoms with Crippen LogP contribution in [0.2, 0.25) is 0 Å². The molecule has 8 heteroatoms. The van der Waals surface area contributed by atoms with Crippen molar-refractivity contribution in [2.45, 2.75) is 110 Å². The van der Waals surface area contributed by atoms with Gasteiger partial charge in [0.1, 0.15) is 0 Å². The fourth-order valence-electron chi connectivity index (χ4n) is 2.65. The van der Waals surface area contributed by atoms with E-state index in [-0.39, 0.29) is 17.4 Å². The molecule has 0 heterocycles. The van der Waals surface area contributed by atoms with Crippen LogP contribution >= 0.6 is 7.82 Å². The SMILES string of the molecule is CCCCCCCCCCCCCCCCCC(=O)O.O=P([O-])([O-])[O-].[Al+3]. The molecule has 0 fully saturated rings. The Morgan fingerprint density at radius 2 is 0.923 bits per heavy atom. The molecule has 0 radical (unpaired) electrons. The van der Waals surface area contributed by atoms with Gasteiger partial charge in [0.25, 0.3) is 0 Å².